The number of aromatic amines is 1. The van der Waals surface area contributed by atoms with Crippen molar-refractivity contribution < 1.29 is 24.1 Å². The SMILES string of the molecule is CC(C)NC(=O)CNC(=O)COC(=O)c1[nH+]c(Cl)c(Cl)c(N)c1Cl. The number of esters is 1. The first-order valence-electron chi connectivity index (χ1n) is 6.71. The first-order valence-corrected chi connectivity index (χ1v) is 7.85. The molecule has 1 heterocycles. The van der Waals surface area contributed by atoms with E-state index in [4.69, 9.17) is 45.3 Å². The first kappa shape index (κ1) is 20.3. The minimum Gasteiger partial charge on any atom is -0.448 e. The molecule has 0 bridgehead atoms. The van der Waals surface area contributed by atoms with Crippen molar-refractivity contribution in [1.29, 1.82) is 0 Å². The van der Waals surface area contributed by atoms with E-state index in [0.29, 0.717) is 0 Å². The highest BCUT2D eigenvalue weighted by Crippen LogP contribution is 2.32. The molecule has 1 rings (SSSR count). The van der Waals surface area contributed by atoms with E-state index in [1.165, 1.54) is 0 Å². The number of nitrogens with one attached hydrogen (secondary N) is 3. The van der Waals surface area contributed by atoms with E-state index in [1.54, 1.807) is 13.8 Å². The highest BCUT2D eigenvalue weighted by Gasteiger charge is 2.27. The summed E-state index contributed by atoms with van der Waals surface area (Å²) in [6.45, 7) is 2.72. The average Bonchev–Trinajstić information content (AvgIpc) is 2.51. The third-order valence-electron chi connectivity index (χ3n) is 2.55. The monoisotopic (exact) mass is 397 g/mol. The Kier molecular flexibility index (Phi) is 7.53. The van der Waals surface area contributed by atoms with Crippen molar-refractivity contribution in [2.45, 2.75) is 19.9 Å². The van der Waals surface area contributed by atoms with Crippen LogP contribution in [0.25, 0.3) is 0 Å². The van der Waals surface area contributed by atoms with Gasteiger partial charge in [0.2, 0.25) is 5.91 Å². The minimum absolute atomic E-state index is 0.0351. The van der Waals surface area contributed by atoms with Crippen LogP contribution in [-0.2, 0) is 14.3 Å². The second-order valence-corrected chi connectivity index (χ2v) is 6.06. The number of hydrogen-bond donors (Lipinski definition) is 3. The topological polar surface area (TPSA) is 125 Å². The number of carbonyl (C=O) groups excluding carboxylic acids is 3. The smallest absolute Gasteiger partial charge is 0.405 e. The van der Waals surface area contributed by atoms with Crippen molar-refractivity contribution in [3.8, 4) is 0 Å². The quantitative estimate of drug-likeness (QED) is 0.484. The normalized spacial score (nSPS) is 10.4. The lowest BCUT2D eigenvalue weighted by Crippen LogP contribution is -2.41. The van der Waals surface area contributed by atoms with Crippen molar-refractivity contribution >= 4 is 58.3 Å². The predicted octanol–water partition coefficient (Wildman–Crippen LogP) is 0.841. The van der Waals surface area contributed by atoms with Crippen molar-refractivity contribution in [2.75, 3.05) is 18.9 Å². The summed E-state index contributed by atoms with van der Waals surface area (Å²) < 4.78 is 4.78. The maximum absolute atomic E-state index is 11.9. The molecule has 0 saturated carbocycles. The van der Waals surface area contributed by atoms with Crippen LogP contribution in [0, 0.1) is 0 Å². The van der Waals surface area contributed by atoms with Crippen LogP contribution in [0.1, 0.15) is 24.3 Å². The molecule has 11 heteroatoms. The molecule has 0 fully saturated rings. The molecule has 2 amide bonds. The fraction of sp³-hybridized carbons (Fsp3) is 0.385. The molecule has 0 aliphatic carbocycles. The molecular formula is C13H16Cl3N4O4+. The molecule has 1 aromatic heterocycles. The van der Waals surface area contributed by atoms with Crippen LogP contribution in [0.4, 0.5) is 5.69 Å². The summed E-state index contributed by atoms with van der Waals surface area (Å²) in [6, 6.07) is -0.0509. The largest absolute Gasteiger partial charge is 0.448 e. The van der Waals surface area contributed by atoms with Gasteiger partial charge in [-0.1, -0.05) is 23.2 Å². The summed E-state index contributed by atoms with van der Waals surface area (Å²) in [4.78, 5) is 37.3. The molecule has 0 aliphatic heterocycles. The van der Waals surface area contributed by atoms with Crippen molar-refractivity contribution in [3.05, 3.63) is 20.9 Å². The molecule has 0 unspecified atom stereocenters. The van der Waals surface area contributed by atoms with E-state index in [-0.39, 0.29) is 45.1 Å². The van der Waals surface area contributed by atoms with Gasteiger partial charge >= 0.3 is 11.7 Å². The number of rotatable bonds is 6. The molecule has 8 nitrogen and oxygen atoms in total. The van der Waals surface area contributed by atoms with Gasteiger partial charge in [0.25, 0.3) is 11.1 Å². The van der Waals surface area contributed by atoms with Crippen LogP contribution in [0.15, 0.2) is 0 Å². The number of nitrogens with two attached hydrogens (primary N) is 1. The number of nitrogen functional groups attached to an aromatic ring is 1. The Balaban J connectivity index is 2.58. The van der Waals surface area contributed by atoms with Gasteiger partial charge in [-0.25, -0.2) is 4.79 Å². The molecular weight excluding hydrogens is 383 g/mol. The Bertz CT molecular complexity index is 667. The second kappa shape index (κ2) is 8.91. The van der Waals surface area contributed by atoms with Gasteiger partial charge < -0.3 is 21.1 Å². The number of halogens is 3. The summed E-state index contributed by atoms with van der Waals surface area (Å²) >= 11 is 17.4. The first-order chi connectivity index (χ1) is 11.1. The molecule has 0 radical (unpaired) electrons. The molecule has 0 aromatic carbocycles. The summed E-state index contributed by atoms with van der Waals surface area (Å²) in [6.07, 6.45) is 0. The zero-order valence-corrected chi connectivity index (χ0v) is 15.1. The van der Waals surface area contributed by atoms with E-state index in [0.717, 1.165) is 0 Å². The van der Waals surface area contributed by atoms with Gasteiger partial charge in [-0.05, 0) is 25.4 Å². The van der Waals surface area contributed by atoms with E-state index in [9.17, 15) is 14.4 Å². The Labute approximate surface area is 153 Å². The molecule has 0 atom stereocenters. The van der Waals surface area contributed by atoms with Gasteiger partial charge in [0.1, 0.15) is 10.0 Å². The Morgan fingerprint density at radius 3 is 2.38 bits per heavy atom. The standard InChI is InChI=1S/C13H15Cl3N4O4/c1-5(2)19-6(21)3-18-7(22)4-24-13(23)11-8(14)10(17)9(15)12(16)20-11/h5H,3-4H2,1-2H3,(H2,17,20)(H,18,22)(H,19,21)/p+1. The maximum atomic E-state index is 11.9. The predicted molar refractivity (Wildman–Crippen MR) is 89.0 cm³/mol. The van der Waals surface area contributed by atoms with Crippen molar-refractivity contribution in [2.24, 2.45) is 0 Å². The highest BCUT2D eigenvalue weighted by molar-refractivity contribution is 6.45. The molecule has 5 N–H and O–H groups in total. The number of anilines is 1. The van der Waals surface area contributed by atoms with E-state index in [2.05, 4.69) is 15.6 Å². The van der Waals surface area contributed by atoms with Gasteiger partial charge in [0, 0.05) is 6.04 Å². The lowest BCUT2D eigenvalue weighted by Gasteiger charge is -2.09. The Morgan fingerprint density at radius 2 is 1.79 bits per heavy atom. The highest BCUT2D eigenvalue weighted by atomic mass is 35.5. The van der Waals surface area contributed by atoms with E-state index >= 15 is 0 Å². The second-order valence-electron chi connectivity index (χ2n) is 4.93. The summed E-state index contributed by atoms with van der Waals surface area (Å²) in [5.41, 5.74) is 5.26. The number of pyridine rings is 1. The lowest BCUT2D eigenvalue weighted by molar-refractivity contribution is -0.380. The van der Waals surface area contributed by atoms with Gasteiger partial charge in [-0.3, -0.25) is 9.59 Å². The van der Waals surface area contributed by atoms with Crippen LogP contribution in [-0.4, -0.2) is 37.0 Å². The van der Waals surface area contributed by atoms with Gasteiger partial charge in [-0.2, -0.15) is 4.98 Å². The minimum atomic E-state index is -0.952. The molecule has 0 spiro atoms. The molecule has 0 saturated heterocycles. The summed E-state index contributed by atoms with van der Waals surface area (Å²) in [5.74, 6) is -1.98. The third-order valence-corrected chi connectivity index (χ3v) is 3.72. The molecule has 0 aliphatic rings. The Hall–Kier alpha value is -1.77. The van der Waals surface area contributed by atoms with Crippen LogP contribution in [0.2, 0.25) is 15.2 Å². The zero-order chi connectivity index (χ0) is 18.4. The third kappa shape index (κ3) is 5.70. The summed E-state index contributed by atoms with van der Waals surface area (Å²) in [5, 5.41) is 4.58. The molecule has 24 heavy (non-hydrogen) atoms. The van der Waals surface area contributed by atoms with Crippen LogP contribution < -0.4 is 21.4 Å². The van der Waals surface area contributed by atoms with Gasteiger partial charge in [0.15, 0.2) is 6.61 Å². The number of ether oxygens (including phenoxy) is 1. The fourth-order valence-corrected chi connectivity index (χ4v) is 2.12. The van der Waals surface area contributed by atoms with E-state index < -0.39 is 18.5 Å². The molecule has 1 aromatic rings. The molecule has 132 valence electrons. The zero-order valence-electron chi connectivity index (χ0n) is 12.8. The van der Waals surface area contributed by atoms with Crippen LogP contribution in [0.5, 0.6) is 0 Å². The lowest BCUT2D eigenvalue weighted by atomic mass is 10.3. The number of H-pyrrole nitrogens is 1. The maximum Gasteiger partial charge on any atom is 0.405 e. The van der Waals surface area contributed by atoms with E-state index in [1.807, 2.05) is 0 Å². The number of amides is 2. The summed E-state index contributed by atoms with van der Waals surface area (Å²) in [7, 11) is 0. The van der Waals surface area contributed by atoms with Gasteiger partial charge in [0.05, 0.1) is 12.2 Å². The number of aromatic nitrogens is 1. The average molecular weight is 399 g/mol. The number of hydrogen-bond acceptors (Lipinski definition) is 5. The van der Waals surface area contributed by atoms with Crippen LogP contribution in [0.3, 0.4) is 0 Å². The van der Waals surface area contributed by atoms with Gasteiger partial charge in [-0.15, -0.1) is 0 Å². The Morgan fingerprint density at radius 1 is 1.17 bits per heavy atom. The number of carbonyl (C=O) groups is 3. The van der Waals surface area contributed by atoms with Crippen LogP contribution >= 0.6 is 34.8 Å². The fourth-order valence-electron chi connectivity index (χ4n) is 1.52. The van der Waals surface area contributed by atoms with Crippen molar-refractivity contribution in [1.82, 2.24) is 10.6 Å². The van der Waals surface area contributed by atoms with Crippen molar-refractivity contribution in [3.63, 3.8) is 0 Å².